The van der Waals surface area contributed by atoms with Crippen molar-refractivity contribution in [2.45, 2.75) is 48.6 Å². The summed E-state index contributed by atoms with van der Waals surface area (Å²) < 4.78 is 41.4. The van der Waals surface area contributed by atoms with Crippen LogP contribution in [-0.4, -0.2) is 89.1 Å². The molecule has 4 saturated carbocycles. The van der Waals surface area contributed by atoms with Gasteiger partial charge >= 0.3 is 17.9 Å². The third-order valence-corrected chi connectivity index (χ3v) is 6.70. The number of rotatable bonds is 4. The average Bonchev–Trinajstić information content (AvgIpc) is 3.44. The Labute approximate surface area is 175 Å². The fraction of sp³-hybridized carbons (Fsp3) is 0.833. The van der Waals surface area contributed by atoms with Gasteiger partial charge < -0.3 is 29.5 Å². The first-order valence-electron chi connectivity index (χ1n) is 9.34. The predicted molar refractivity (Wildman–Crippen MR) is 93.5 cm³/mol. The van der Waals surface area contributed by atoms with Crippen LogP contribution in [0, 0.1) is 23.7 Å². The Hall–Kier alpha value is -1.56. The van der Waals surface area contributed by atoms with Gasteiger partial charge in [0.15, 0.2) is 0 Å². The van der Waals surface area contributed by atoms with E-state index >= 15 is 0 Å². The number of hydrogen-bond donors (Lipinski definition) is 3. The highest BCUT2D eigenvalue weighted by Gasteiger charge is 2.81. The lowest BCUT2D eigenvalue weighted by molar-refractivity contribution is -0.156. The van der Waals surface area contributed by atoms with Crippen molar-refractivity contribution < 1.29 is 52.7 Å². The molecule has 0 radical (unpaired) electrons. The summed E-state index contributed by atoms with van der Waals surface area (Å²) in [6.07, 6.45) is -3.39. The van der Waals surface area contributed by atoms with E-state index in [-0.39, 0.29) is 18.7 Å². The first-order chi connectivity index (χ1) is 14.0. The molecule has 9 nitrogen and oxygen atoms in total. The summed E-state index contributed by atoms with van der Waals surface area (Å²) in [6.45, 7) is 0. The van der Waals surface area contributed by atoms with Crippen molar-refractivity contribution in [3.8, 4) is 0 Å². The SMILES string of the molecule is COC(=O)C1(F)[C@@H]2[C@H]1[C@@H](O)C[C@H]2O.COC(=O)[C@]1(F)[C@@H]2[C@H]1[C@@H](O)C[C@H]2OC(=O)CCl. The highest BCUT2D eigenvalue weighted by atomic mass is 35.5. The number of aliphatic hydroxyl groups is 3. The highest BCUT2D eigenvalue weighted by Crippen LogP contribution is 2.65. The lowest BCUT2D eigenvalue weighted by Gasteiger charge is -2.19. The summed E-state index contributed by atoms with van der Waals surface area (Å²) in [4.78, 5) is 33.3. The van der Waals surface area contributed by atoms with Crippen molar-refractivity contribution in [3.63, 3.8) is 0 Å². The molecule has 1 unspecified atom stereocenters. The normalized spacial score (nSPS) is 47.2. The summed E-state index contributed by atoms with van der Waals surface area (Å²) >= 11 is 5.27. The van der Waals surface area contributed by atoms with E-state index in [0.717, 1.165) is 14.2 Å². The minimum atomic E-state index is -2.23. The number of ether oxygens (including phenoxy) is 3. The number of fused-ring (bicyclic) bond motifs is 2. The van der Waals surface area contributed by atoms with Crippen molar-refractivity contribution in [2.75, 3.05) is 20.1 Å². The van der Waals surface area contributed by atoms with E-state index in [4.69, 9.17) is 16.3 Å². The van der Waals surface area contributed by atoms with E-state index in [0.29, 0.717) is 0 Å². The Morgan fingerprint density at radius 1 is 0.867 bits per heavy atom. The number of alkyl halides is 3. The predicted octanol–water partition coefficient (Wildman–Crippen LogP) is -0.732. The maximum absolute atomic E-state index is 14.2. The number of aliphatic hydroxyl groups excluding tert-OH is 3. The largest absolute Gasteiger partial charge is 0.467 e. The maximum Gasteiger partial charge on any atom is 0.344 e. The topological polar surface area (TPSA) is 140 Å². The molecule has 0 aromatic carbocycles. The quantitative estimate of drug-likeness (QED) is 0.283. The minimum Gasteiger partial charge on any atom is -0.467 e. The van der Waals surface area contributed by atoms with Crippen molar-refractivity contribution >= 4 is 29.5 Å². The molecule has 0 aromatic heterocycles. The fourth-order valence-corrected chi connectivity index (χ4v) is 5.19. The lowest BCUT2D eigenvalue weighted by atomic mass is 10.1. The van der Waals surface area contributed by atoms with Crippen LogP contribution in [0.5, 0.6) is 0 Å². The van der Waals surface area contributed by atoms with E-state index in [2.05, 4.69) is 9.47 Å². The van der Waals surface area contributed by atoms with Gasteiger partial charge in [0.25, 0.3) is 0 Å². The van der Waals surface area contributed by atoms with Crippen LogP contribution in [0.25, 0.3) is 0 Å². The monoisotopic (exact) mass is 456 g/mol. The van der Waals surface area contributed by atoms with Crippen molar-refractivity contribution in [1.29, 1.82) is 0 Å². The second-order valence-electron chi connectivity index (χ2n) is 7.96. The van der Waals surface area contributed by atoms with Crippen LogP contribution >= 0.6 is 11.6 Å². The third kappa shape index (κ3) is 3.26. The smallest absolute Gasteiger partial charge is 0.344 e. The van der Waals surface area contributed by atoms with Gasteiger partial charge in [0.2, 0.25) is 11.3 Å². The second-order valence-corrected chi connectivity index (χ2v) is 8.23. The van der Waals surface area contributed by atoms with E-state index in [1.54, 1.807) is 0 Å². The number of halogens is 3. The van der Waals surface area contributed by atoms with Gasteiger partial charge in [0.1, 0.15) is 12.0 Å². The fourth-order valence-electron chi connectivity index (χ4n) is 5.13. The highest BCUT2D eigenvalue weighted by molar-refractivity contribution is 6.26. The molecule has 3 N–H and O–H groups in total. The zero-order chi connectivity index (χ0) is 22.6. The lowest BCUT2D eigenvalue weighted by Crippen LogP contribution is -2.34. The minimum absolute atomic E-state index is 0.126. The summed E-state index contributed by atoms with van der Waals surface area (Å²) in [6, 6.07) is 0. The van der Waals surface area contributed by atoms with Crippen LogP contribution in [0.15, 0.2) is 0 Å². The molecule has 0 aliphatic heterocycles. The van der Waals surface area contributed by atoms with Gasteiger partial charge in [-0.2, -0.15) is 0 Å². The first-order valence-corrected chi connectivity index (χ1v) is 9.87. The molecule has 4 aliphatic rings. The van der Waals surface area contributed by atoms with Gasteiger partial charge in [-0.05, 0) is 0 Å². The molecule has 12 heteroatoms. The third-order valence-electron chi connectivity index (χ3n) is 6.49. The Bertz CT molecular complexity index is 722. The number of methoxy groups -OCH3 is 2. The Kier molecular flexibility index (Phi) is 6.05. The van der Waals surface area contributed by atoms with Crippen molar-refractivity contribution in [2.24, 2.45) is 23.7 Å². The van der Waals surface area contributed by atoms with Gasteiger partial charge in [-0.15, -0.1) is 11.6 Å². The Morgan fingerprint density at radius 3 is 1.70 bits per heavy atom. The molecular formula is C18H23ClF2O9. The Morgan fingerprint density at radius 2 is 1.27 bits per heavy atom. The first kappa shape index (κ1) is 23.1. The van der Waals surface area contributed by atoms with Crippen molar-refractivity contribution in [3.05, 3.63) is 0 Å². The van der Waals surface area contributed by atoms with E-state index < -0.39 is 77.3 Å². The van der Waals surface area contributed by atoms with Gasteiger partial charge in [-0.3, -0.25) is 4.79 Å². The zero-order valence-corrected chi connectivity index (χ0v) is 16.9. The van der Waals surface area contributed by atoms with Crippen LogP contribution in [0.4, 0.5) is 8.78 Å². The van der Waals surface area contributed by atoms with Crippen LogP contribution in [0.1, 0.15) is 12.8 Å². The number of esters is 3. The molecule has 0 saturated heterocycles. The molecule has 0 spiro atoms. The Balaban J connectivity index is 0.000000177. The number of carbonyl (C=O) groups is 3. The van der Waals surface area contributed by atoms with E-state index in [1.807, 2.05) is 0 Å². The van der Waals surface area contributed by atoms with E-state index in [9.17, 15) is 38.5 Å². The number of carbonyl (C=O) groups excluding carboxylic acids is 3. The summed E-state index contributed by atoms with van der Waals surface area (Å²) in [5.74, 6) is -6.26. The van der Waals surface area contributed by atoms with E-state index in [1.165, 1.54) is 0 Å². The molecule has 4 fully saturated rings. The molecule has 0 amide bonds. The zero-order valence-electron chi connectivity index (χ0n) is 16.2. The average molecular weight is 457 g/mol. The second kappa shape index (κ2) is 7.85. The molecule has 4 rings (SSSR count). The summed E-state index contributed by atoms with van der Waals surface area (Å²) in [7, 11) is 2.17. The van der Waals surface area contributed by atoms with Gasteiger partial charge in [-0.1, -0.05) is 0 Å². The molecule has 30 heavy (non-hydrogen) atoms. The summed E-state index contributed by atoms with van der Waals surface area (Å²) in [5.41, 5.74) is -4.38. The van der Waals surface area contributed by atoms with Crippen LogP contribution < -0.4 is 0 Å². The molecule has 0 aromatic rings. The van der Waals surface area contributed by atoms with Gasteiger partial charge in [-0.25, -0.2) is 18.4 Å². The molecule has 4 aliphatic carbocycles. The van der Waals surface area contributed by atoms with Crippen LogP contribution in [0.2, 0.25) is 0 Å². The maximum atomic E-state index is 14.2. The van der Waals surface area contributed by atoms with Crippen molar-refractivity contribution in [1.82, 2.24) is 0 Å². The summed E-state index contributed by atoms with van der Waals surface area (Å²) in [5, 5.41) is 28.2. The standard InChI is InChI=1S/C10H12ClFO5.C8H11FO4/c1-16-9(15)10(12)7-4(13)2-5(8(7)10)17-6(14)3-11;1-13-7(12)8(9)5-3(10)2-4(11)6(5)8/h4-5,7-8,13H,2-3H2,1H3;3-6,10-11H,2H2,1H3/t4-,5+,7+,8-,10+;3-,4+,5+,6-,8?/m0./s1. The van der Waals surface area contributed by atoms with Crippen LogP contribution in [-0.2, 0) is 28.6 Å². The van der Waals surface area contributed by atoms with Gasteiger partial charge in [0.05, 0.1) is 38.4 Å². The number of hydrogen-bond acceptors (Lipinski definition) is 9. The molecule has 0 bridgehead atoms. The van der Waals surface area contributed by atoms with Crippen LogP contribution in [0.3, 0.4) is 0 Å². The molecule has 0 heterocycles. The molecule has 170 valence electrons. The van der Waals surface area contributed by atoms with Gasteiger partial charge in [0, 0.05) is 30.6 Å². The molecular weight excluding hydrogens is 434 g/mol. The molecule has 10 atom stereocenters.